The zero-order valence-electron chi connectivity index (χ0n) is 12.9. The van der Waals surface area contributed by atoms with Crippen molar-refractivity contribution in [3.05, 3.63) is 64.2 Å². The molecule has 0 saturated heterocycles. The molecule has 0 atom stereocenters. The van der Waals surface area contributed by atoms with Crippen LogP contribution in [0.4, 0.5) is 0 Å². The van der Waals surface area contributed by atoms with E-state index in [-0.39, 0.29) is 29.9 Å². The van der Waals surface area contributed by atoms with Crippen molar-refractivity contribution in [2.45, 2.75) is 6.42 Å². The van der Waals surface area contributed by atoms with Gasteiger partial charge in [0, 0.05) is 11.4 Å². The van der Waals surface area contributed by atoms with Gasteiger partial charge < -0.3 is 19.7 Å². The van der Waals surface area contributed by atoms with E-state index in [0.29, 0.717) is 22.1 Å². The third kappa shape index (κ3) is 3.59. The van der Waals surface area contributed by atoms with Crippen molar-refractivity contribution >= 4 is 29.1 Å². The molecule has 25 heavy (non-hydrogen) atoms. The Morgan fingerprint density at radius 3 is 2.28 bits per heavy atom. The first-order chi connectivity index (χ1) is 12.0. The van der Waals surface area contributed by atoms with Gasteiger partial charge in [0.15, 0.2) is 11.5 Å². The van der Waals surface area contributed by atoms with Crippen LogP contribution in [0.3, 0.4) is 0 Å². The average molecular weight is 361 g/mol. The summed E-state index contributed by atoms with van der Waals surface area (Å²) in [4.78, 5) is 23.5. The summed E-state index contributed by atoms with van der Waals surface area (Å²) < 4.78 is 10.4. The number of fused-ring (bicyclic) bond motifs is 1. The minimum atomic E-state index is -1.33. The predicted octanol–water partition coefficient (Wildman–Crippen LogP) is 3.23. The van der Waals surface area contributed by atoms with Crippen molar-refractivity contribution in [1.29, 1.82) is 0 Å². The van der Waals surface area contributed by atoms with Crippen LogP contribution in [0.1, 0.15) is 11.1 Å². The smallest absolute Gasteiger partial charge is 0.336 e. The second kappa shape index (κ2) is 6.86. The van der Waals surface area contributed by atoms with E-state index in [1.54, 1.807) is 30.3 Å². The van der Waals surface area contributed by atoms with Crippen molar-refractivity contribution in [2.24, 2.45) is 0 Å². The van der Waals surface area contributed by atoms with Crippen LogP contribution in [-0.4, -0.2) is 28.9 Å². The van der Waals surface area contributed by atoms with Crippen LogP contribution in [-0.2, 0) is 16.0 Å². The van der Waals surface area contributed by atoms with Gasteiger partial charge >= 0.3 is 11.9 Å². The minimum absolute atomic E-state index is 0.0431. The number of carbonyl (C=O) groups is 2. The van der Waals surface area contributed by atoms with Gasteiger partial charge in [0.25, 0.3) is 0 Å². The highest BCUT2D eigenvalue weighted by atomic mass is 35.5. The molecule has 0 spiro atoms. The Labute approximate surface area is 147 Å². The minimum Gasteiger partial charge on any atom is -0.478 e. The molecule has 2 N–H and O–H groups in total. The molecule has 2 aromatic carbocycles. The number of carboxylic acids is 2. The summed E-state index contributed by atoms with van der Waals surface area (Å²) in [5, 5.41) is 19.7. The maximum Gasteiger partial charge on any atom is 0.336 e. The van der Waals surface area contributed by atoms with Gasteiger partial charge in [-0.3, -0.25) is 0 Å². The lowest BCUT2D eigenvalue weighted by Crippen LogP contribution is -2.13. The Morgan fingerprint density at radius 2 is 1.64 bits per heavy atom. The molecule has 0 unspecified atom stereocenters. The van der Waals surface area contributed by atoms with E-state index in [2.05, 4.69) is 0 Å². The second-order valence-electron chi connectivity index (χ2n) is 5.34. The SMILES string of the molecule is O=C(O)/C(Cc1ccc(Cl)cc1)=C(\C(=O)O)c1ccc2c(c1)OCO2. The van der Waals surface area contributed by atoms with Crippen molar-refractivity contribution in [2.75, 3.05) is 6.79 Å². The zero-order chi connectivity index (χ0) is 18.0. The molecule has 0 radical (unpaired) electrons. The number of benzene rings is 2. The van der Waals surface area contributed by atoms with E-state index in [0.717, 1.165) is 0 Å². The fourth-order valence-electron chi connectivity index (χ4n) is 2.56. The highest BCUT2D eigenvalue weighted by molar-refractivity contribution is 6.30. The fourth-order valence-corrected chi connectivity index (χ4v) is 2.68. The number of aliphatic carboxylic acids is 2. The molecule has 128 valence electrons. The quantitative estimate of drug-likeness (QED) is 0.795. The third-order valence-corrected chi connectivity index (χ3v) is 3.98. The van der Waals surface area contributed by atoms with E-state index in [9.17, 15) is 19.8 Å². The number of rotatable bonds is 5. The van der Waals surface area contributed by atoms with Gasteiger partial charge in [-0.15, -0.1) is 0 Å². The summed E-state index contributed by atoms with van der Waals surface area (Å²) in [6.45, 7) is 0.0431. The molecule has 1 heterocycles. The molecule has 0 amide bonds. The van der Waals surface area contributed by atoms with E-state index in [1.807, 2.05) is 0 Å². The van der Waals surface area contributed by atoms with Crippen LogP contribution >= 0.6 is 11.6 Å². The lowest BCUT2D eigenvalue weighted by Gasteiger charge is -2.10. The maximum absolute atomic E-state index is 11.8. The topological polar surface area (TPSA) is 93.1 Å². The molecule has 0 aromatic heterocycles. The van der Waals surface area contributed by atoms with E-state index >= 15 is 0 Å². The van der Waals surface area contributed by atoms with Crippen molar-refractivity contribution < 1.29 is 29.3 Å². The summed E-state index contributed by atoms with van der Waals surface area (Å²) >= 11 is 5.83. The monoisotopic (exact) mass is 360 g/mol. The van der Waals surface area contributed by atoms with Gasteiger partial charge in [-0.05, 0) is 35.4 Å². The molecule has 0 bridgehead atoms. The van der Waals surface area contributed by atoms with Gasteiger partial charge in [-0.2, -0.15) is 0 Å². The molecule has 2 aromatic rings. The number of ether oxygens (including phenoxy) is 2. The van der Waals surface area contributed by atoms with Crippen molar-refractivity contribution in [1.82, 2.24) is 0 Å². The summed E-state index contributed by atoms with van der Waals surface area (Å²) in [6.07, 6.45) is -0.0530. The number of carboxylic acid groups (broad SMARTS) is 2. The molecule has 1 aliphatic rings. The highest BCUT2D eigenvalue weighted by Gasteiger charge is 2.24. The second-order valence-corrected chi connectivity index (χ2v) is 5.77. The van der Waals surface area contributed by atoms with Crippen LogP contribution in [0, 0.1) is 0 Å². The lowest BCUT2D eigenvalue weighted by atomic mass is 9.94. The first-order valence-electron chi connectivity index (χ1n) is 7.30. The molecular weight excluding hydrogens is 348 g/mol. The van der Waals surface area contributed by atoms with Crippen LogP contribution in [0.15, 0.2) is 48.0 Å². The summed E-state index contributed by atoms with van der Waals surface area (Å²) in [6, 6.07) is 11.1. The Bertz CT molecular complexity index is 870. The largest absolute Gasteiger partial charge is 0.478 e. The Morgan fingerprint density at radius 1 is 0.960 bits per heavy atom. The normalized spacial score (nSPS) is 13.3. The summed E-state index contributed by atoms with van der Waals surface area (Å²) in [7, 11) is 0. The standard InChI is InChI=1S/C18H13ClO6/c19-12-4-1-10(2-5-12)7-13(17(20)21)16(18(22)23)11-3-6-14-15(8-11)25-9-24-14/h1-6,8H,7,9H2,(H,20,21)(H,22,23)/b16-13-. The predicted molar refractivity (Wildman–Crippen MR) is 89.9 cm³/mol. The van der Waals surface area contributed by atoms with Gasteiger partial charge in [0.2, 0.25) is 6.79 Å². The maximum atomic E-state index is 11.8. The van der Waals surface area contributed by atoms with E-state index in [4.69, 9.17) is 21.1 Å². The summed E-state index contributed by atoms with van der Waals surface area (Å²) in [5.41, 5.74) is 0.360. The molecule has 0 fully saturated rings. The van der Waals surface area contributed by atoms with Crippen molar-refractivity contribution in [3.8, 4) is 11.5 Å². The number of halogens is 1. The number of hydrogen-bond acceptors (Lipinski definition) is 4. The zero-order valence-corrected chi connectivity index (χ0v) is 13.6. The van der Waals surface area contributed by atoms with Crippen LogP contribution < -0.4 is 9.47 Å². The van der Waals surface area contributed by atoms with Gasteiger partial charge in [0.1, 0.15) is 0 Å². The molecular formula is C18H13ClO6. The van der Waals surface area contributed by atoms with E-state index < -0.39 is 11.9 Å². The molecule has 0 saturated carbocycles. The number of hydrogen-bond donors (Lipinski definition) is 2. The molecule has 1 aliphatic heterocycles. The van der Waals surface area contributed by atoms with Gasteiger partial charge in [-0.25, -0.2) is 9.59 Å². The van der Waals surface area contributed by atoms with E-state index in [1.165, 1.54) is 12.1 Å². The Balaban J connectivity index is 2.08. The molecule has 7 heteroatoms. The average Bonchev–Trinajstić information content (AvgIpc) is 3.03. The molecule has 6 nitrogen and oxygen atoms in total. The first-order valence-corrected chi connectivity index (χ1v) is 7.67. The first kappa shape index (κ1) is 16.9. The van der Waals surface area contributed by atoms with Crippen LogP contribution in [0.2, 0.25) is 5.02 Å². The Kier molecular flexibility index (Phi) is 4.63. The highest BCUT2D eigenvalue weighted by Crippen LogP contribution is 2.35. The molecule has 0 aliphatic carbocycles. The molecule has 3 rings (SSSR count). The lowest BCUT2D eigenvalue weighted by molar-refractivity contribution is -0.134. The van der Waals surface area contributed by atoms with Crippen LogP contribution in [0.25, 0.3) is 5.57 Å². The van der Waals surface area contributed by atoms with Crippen molar-refractivity contribution in [3.63, 3.8) is 0 Å². The Hall–Kier alpha value is -2.99. The van der Waals surface area contributed by atoms with Crippen LogP contribution in [0.5, 0.6) is 11.5 Å². The summed E-state index contributed by atoms with van der Waals surface area (Å²) in [5.74, 6) is -1.76. The fraction of sp³-hybridized carbons (Fsp3) is 0.111. The third-order valence-electron chi connectivity index (χ3n) is 3.73. The van der Waals surface area contributed by atoms with Gasteiger partial charge in [0.05, 0.1) is 11.1 Å². The van der Waals surface area contributed by atoms with Gasteiger partial charge in [-0.1, -0.05) is 29.8 Å².